The number of benzene rings is 1. The second kappa shape index (κ2) is 5.47. The molecule has 0 aliphatic heterocycles. The van der Waals surface area contributed by atoms with Crippen LogP contribution in [0.25, 0.3) is 0 Å². The molecule has 0 saturated heterocycles. The number of nitrogens with two attached hydrogens (primary N) is 1. The molecule has 0 atom stereocenters. The van der Waals surface area contributed by atoms with Gasteiger partial charge in [-0.2, -0.15) is 0 Å². The number of hydrogen-bond acceptors (Lipinski definition) is 3. The fourth-order valence-electron chi connectivity index (χ4n) is 2.18. The smallest absolute Gasteiger partial charge is 0.240 e. The Balaban J connectivity index is 2.16. The van der Waals surface area contributed by atoms with Gasteiger partial charge in [0.05, 0.1) is 15.6 Å². The first-order valence-electron chi connectivity index (χ1n) is 6.06. The summed E-state index contributed by atoms with van der Waals surface area (Å²) in [6, 6.07) is 4.42. The number of hydrogen-bond donors (Lipinski definition) is 2. The molecule has 100 valence electrons. The van der Waals surface area contributed by atoms with Gasteiger partial charge < -0.3 is 5.73 Å². The van der Waals surface area contributed by atoms with E-state index in [-0.39, 0.29) is 16.0 Å². The predicted molar refractivity (Wildman–Crippen MR) is 73.1 cm³/mol. The van der Waals surface area contributed by atoms with E-state index in [1.807, 2.05) is 0 Å². The lowest BCUT2D eigenvalue weighted by molar-refractivity contribution is 0.412. The van der Waals surface area contributed by atoms with E-state index in [0.717, 1.165) is 25.7 Å². The van der Waals surface area contributed by atoms with Crippen molar-refractivity contribution in [1.29, 1.82) is 0 Å². The van der Waals surface area contributed by atoms with Gasteiger partial charge in [-0.05, 0) is 31.0 Å². The molecule has 1 aromatic carbocycles. The highest BCUT2D eigenvalue weighted by molar-refractivity contribution is 7.89. The summed E-state index contributed by atoms with van der Waals surface area (Å²) >= 11 is 5.85. The van der Waals surface area contributed by atoms with Crippen molar-refractivity contribution in [2.75, 3.05) is 5.73 Å². The number of halogens is 1. The van der Waals surface area contributed by atoms with Gasteiger partial charge in [-0.15, -0.1) is 0 Å². The van der Waals surface area contributed by atoms with E-state index in [4.69, 9.17) is 17.3 Å². The molecule has 1 aromatic rings. The van der Waals surface area contributed by atoms with Crippen molar-refractivity contribution in [3.63, 3.8) is 0 Å². The Kier molecular flexibility index (Phi) is 4.14. The summed E-state index contributed by atoms with van der Waals surface area (Å²) in [5.41, 5.74) is 5.95. The number of nitrogen functional groups attached to an aromatic ring is 1. The molecule has 3 N–H and O–H groups in total. The van der Waals surface area contributed by atoms with Crippen molar-refractivity contribution in [1.82, 2.24) is 4.72 Å². The van der Waals surface area contributed by atoms with Gasteiger partial charge in [0.2, 0.25) is 10.0 Å². The van der Waals surface area contributed by atoms with E-state index >= 15 is 0 Å². The van der Waals surface area contributed by atoms with Crippen LogP contribution in [0.1, 0.15) is 32.1 Å². The van der Waals surface area contributed by atoms with E-state index < -0.39 is 10.0 Å². The molecule has 6 heteroatoms. The Morgan fingerprint density at radius 3 is 2.50 bits per heavy atom. The zero-order valence-corrected chi connectivity index (χ0v) is 11.6. The molecule has 0 bridgehead atoms. The molecule has 0 aromatic heterocycles. The van der Waals surface area contributed by atoms with Crippen LogP contribution >= 0.6 is 11.6 Å². The van der Waals surface area contributed by atoms with Gasteiger partial charge in [0.25, 0.3) is 0 Å². The molecule has 1 aliphatic carbocycles. The highest BCUT2D eigenvalue weighted by Crippen LogP contribution is 2.24. The van der Waals surface area contributed by atoms with Crippen molar-refractivity contribution in [3.05, 3.63) is 23.2 Å². The number of nitrogens with one attached hydrogen (secondary N) is 1. The third-order valence-electron chi connectivity index (χ3n) is 3.21. The maximum atomic E-state index is 12.2. The molecule has 18 heavy (non-hydrogen) atoms. The minimum Gasteiger partial charge on any atom is -0.398 e. The Labute approximate surface area is 113 Å². The van der Waals surface area contributed by atoms with Crippen molar-refractivity contribution in [2.45, 2.75) is 43.0 Å². The van der Waals surface area contributed by atoms with E-state index in [1.54, 1.807) is 0 Å². The van der Waals surface area contributed by atoms with Crippen LogP contribution in [0, 0.1) is 0 Å². The molecule has 0 heterocycles. The van der Waals surface area contributed by atoms with Crippen LogP contribution in [-0.4, -0.2) is 14.5 Å². The predicted octanol–water partition coefficient (Wildman–Crippen LogP) is 2.53. The molecule has 4 nitrogen and oxygen atoms in total. The minimum atomic E-state index is -3.49. The highest BCUT2D eigenvalue weighted by atomic mass is 35.5. The van der Waals surface area contributed by atoms with E-state index in [9.17, 15) is 8.42 Å². The van der Waals surface area contributed by atoms with Crippen LogP contribution in [0.2, 0.25) is 5.02 Å². The van der Waals surface area contributed by atoms with Gasteiger partial charge in [-0.3, -0.25) is 0 Å². The maximum Gasteiger partial charge on any atom is 0.240 e. The second-order valence-electron chi connectivity index (χ2n) is 4.64. The summed E-state index contributed by atoms with van der Waals surface area (Å²) in [6.07, 6.45) is 5.15. The fraction of sp³-hybridized carbons (Fsp3) is 0.500. The molecular formula is C12H17ClN2O2S. The zero-order chi connectivity index (χ0) is 13.2. The van der Waals surface area contributed by atoms with Gasteiger partial charge in [-0.1, -0.05) is 30.9 Å². The highest BCUT2D eigenvalue weighted by Gasteiger charge is 2.22. The summed E-state index contributed by atoms with van der Waals surface area (Å²) in [5, 5.41) is 0.265. The first-order chi connectivity index (χ1) is 8.49. The lowest BCUT2D eigenvalue weighted by atomic mass is 9.96. The van der Waals surface area contributed by atoms with E-state index in [0.29, 0.717) is 5.69 Å². The van der Waals surface area contributed by atoms with Crippen LogP contribution in [-0.2, 0) is 10.0 Å². The lowest BCUT2D eigenvalue weighted by Crippen LogP contribution is -2.36. The standard InChI is InChI=1S/C12H17ClN2O2S/c13-11-8-10(6-7-12(11)14)18(16,17)15-9-4-2-1-3-5-9/h6-9,15H,1-5,14H2. The number of sulfonamides is 1. The summed E-state index contributed by atoms with van der Waals surface area (Å²) < 4.78 is 27.0. The fourth-order valence-corrected chi connectivity index (χ4v) is 3.76. The van der Waals surface area contributed by atoms with E-state index in [2.05, 4.69) is 4.72 Å². The Morgan fingerprint density at radius 1 is 1.22 bits per heavy atom. The molecule has 0 spiro atoms. The van der Waals surface area contributed by atoms with Crippen LogP contribution in [0.4, 0.5) is 5.69 Å². The summed E-state index contributed by atoms with van der Waals surface area (Å²) in [6.45, 7) is 0. The average molecular weight is 289 g/mol. The van der Waals surface area contributed by atoms with Gasteiger partial charge in [0, 0.05) is 6.04 Å². The first kappa shape index (κ1) is 13.6. The Bertz CT molecular complexity index is 525. The number of anilines is 1. The zero-order valence-electron chi connectivity index (χ0n) is 10.0. The quantitative estimate of drug-likeness (QED) is 0.840. The Morgan fingerprint density at radius 2 is 1.89 bits per heavy atom. The summed E-state index contributed by atoms with van der Waals surface area (Å²) in [7, 11) is -3.49. The molecule has 1 aliphatic rings. The number of rotatable bonds is 3. The third kappa shape index (κ3) is 3.16. The summed E-state index contributed by atoms with van der Waals surface area (Å²) in [4.78, 5) is 0.173. The second-order valence-corrected chi connectivity index (χ2v) is 6.76. The van der Waals surface area contributed by atoms with Crippen LogP contribution in [0.5, 0.6) is 0 Å². The van der Waals surface area contributed by atoms with Crippen LogP contribution in [0.3, 0.4) is 0 Å². The Hall–Kier alpha value is -0.780. The third-order valence-corrected chi connectivity index (χ3v) is 5.05. The SMILES string of the molecule is Nc1ccc(S(=O)(=O)NC2CCCCC2)cc1Cl. The van der Waals surface area contributed by atoms with E-state index in [1.165, 1.54) is 24.6 Å². The van der Waals surface area contributed by atoms with Crippen LogP contribution in [0.15, 0.2) is 23.1 Å². The average Bonchev–Trinajstić information content (AvgIpc) is 2.33. The van der Waals surface area contributed by atoms with Crippen molar-refractivity contribution < 1.29 is 8.42 Å². The lowest BCUT2D eigenvalue weighted by Gasteiger charge is -2.22. The van der Waals surface area contributed by atoms with Crippen molar-refractivity contribution in [3.8, 4) is 0 Å². The topological polar surface area (TPSA) is 72.2 Å². The molecule has 0 amide bonds. The molecule has 1 fully saturated rings. The molecule has 0 unspecified atom stereocenters. The van der Waals surface area contributed by atoms with Crippen LogP contribution < -0.4 is 10.5 Å². The largest absolute Gasteiger partial charge is 0.398 e. The van der Waals surface area contributed by atoms with Crippen molar-refractivity contribution in [2.24, 2.45) is 0 Å². The maximum absolute atomic E-state index is 12.2. The normalized spacial score (nSPS) is 17.8. The van der Waals surface area contributed by atoms with Gasteiger partial charge >= 0.3 is 0 Å². The molecule has 0 radical (unpaired) electrons. The molecular weight excluding hydrogens is 272 g/mol. The van der Waals surface area contributed by atoms with Gasteiger partial charge in [-0.25, -0.2) is 13.1 Å². The molecule has 2 rings (SSSR count). The first-order valence-corrected chi connectivity index (χ1v) is 7.92. The van der Waals surface area contributed by atoms with Gasteiger partial charge in [0.15, 0.2) is 0 Å². The minimum absolute atomic E-state index is 0.0417. The van der Waals surface area contributed by atoms with Gasteiger partial charge in [0.1, 0.15) is 0 Å². The monoisotopic (exact) mass is 288 g/mol. The van der Waals surface area contributed by atoms with Crippen molar-refractivity contribution >= 4 is 27.3 Å². The summed E-state index contributed by atoms with van der Waals surface area (Å²) in [5.74, 6) is 0. The molecule has 1 saturated carbocycles.